The molecule has 0 aromatic carbocycles. The van der Waals surface area contributed by atoms with E-state index < -0.39 is 12.2 Å². The Kier molecular flexibility index (Phi) is 5.19. The number of methoxy groups -OCH3 is 1. The van der Waals surface area contributed by atoms with Crippen molar-refractivity contribution in [3.63, 3.8) is 0 Å². The van der Waals surface area contributed by atoms with Gasteiger partial charge in [0.2, 0.25) is 0 Å². The minimum Gasteiger partial charge on any atom is -0.394 e. The van der Waals surface area contributed by atoms with E-state index >= 15 is 0 Å². The number of rotatable bonds is 5. The second kappa shape index (κ2) is 5.92. The Hall–Kier alpha value is 0.190. The van der Waals surface area contributed by atoms with E-state index in [0.29, 0.717) is 6.61 Å². The third kappa shape index (κ3) is 3.10. The molecule has 4 atom stereocenters. The Morgan fingerprint density at radius 2 is 2.21 bits per heavy atom. The molecule has 0 radical (unpaired) electrons. The summed E-state index contributed by atoms with van der Waals surface area (Å²) in [4.78, 5) is 0. The lowest BCUT2D eigenvalue weighted by molar-refractivity contribution is 0.00718. The van der Waals surface area contributed by atoms with Gasteiger partial charge in [-0.25, -0.2) is 0 Å². The lowest BCUT2D eigenvalue weighted by atomic mass is 10.0. The number of ether oxygens (including phenoxy) is 1. The quantitative estimate of drug-likeness (QED) is 0.501. The highest BCUT2D eigenvalue weighted by Gasteiger charge is 2.43. The van der Waals surface area contributed by atoms with Crippen molar-refractivity contribution < 1.29 is 20.1 Å². The van der Waals surface area contributed by atoms with E-state index in [2.05, 4.69) is 0 Å². The maximum absolute atomic E-state index is 9.66. The summed E-state index contributed by atoms with van der Waals surface area (Å²) in [6, 6.07) is 0. The molecule has 0 aromatic heterocycles. The molecule has 0 aliphatic carbocycles. The van der Waals surface area contributed by atoms with Crippen LogP contribution in [0.4, 0.5) is 0 Å². The van der Waals surface area contributed by atoms with E-state index in [0.717, 1.165) is 17.3 Å². The summed E-state index contributed by atoms with van der Waals surface area (Å²) in [5.41, 5.74) is 0. The summed E-state index contributed by atoms with van der Waals surface area (Å²) in [5, 5.41) is 27.9. The summed E-state index contributed by atoms with van der Waals surface area (Å²) in [6.45, 7) is 0.445. The molecular weight excluding hydrogens is 204 g/mol. The van der Waals surface area contributed by atoms with Crippen molar-refractivity contribution >= 4 is 10.9 Å². The van der Waals surface area contributed by atoms with Crippen molar-refractivity contribution in [2.24, 2.45) is 5.92 Å². The normalized spacial score (nSPS) is 34.7. The van der Waals surface area contributed by atoms with Gasteiger partial charge in [-0.05, 0) is 10.9 Å². The van der Waals surface area contributed by atoms with E-state index in [9.17, 15) is 10.2 Å². The zero-order valence-corrected chi connectivity index (χ0v) is 9.24. The summed E-state index contributed by atoms with van der Waals surface area (Å²) in [6.07, 6.45) is -1.23. The third-order valence-electron chi connectivity index (χ3n) is 2.59. The van der Waals surface area contributed by atoms with Crippen molar-refractivity contribution in [3.8, 4) is 0 Å². The maximum Gasteiger partial charge on any atom is 0.134 e. The molecule has 1 saturated heterocycles. The van der Waals surface area contributed by atoms with Crippen LogP contribution in [0, 0.1) is 5.92 Å². The Morgan fingerprint density at radius 3 is 2.79 bits per heavy atom. The monoisotopic (exact) mass is 223 g/mol. The molecule has 5 heteroatoms. The average molecular weight is 223 g/mol. The fourth-order valence-electron chi connectivity index (χ4n) is 1.69. The van der Waals surface area contributed by atoms with Crippen LogP contribution in [-0.2, 0) is 15.6 Å². The van der Waals surface area contributed by atoms with Crippen molar-refractivity contribution in [2.45, 2.75) is 12.2 Å². The first-order valence-electron chi connectivity index (χ1n) is 4.79. The topological polar surface area (TPSA) is 69.9 Å². The number of hydrogen-bond acceptors (Lipinski definition) is 4. The van der Waals surface area contributed by atoms with Gasteiger partial charge in [0.25, 0.3) is 0 Å². The molecule has 1 aliphatic rings. The van der Waals surface area contributed by atoms with Gasteiger partial charge >= 0.3 is 0 Å². The Labute approximate surface area is 87.2 Å². The van der Waals surface area contributed by atoms with E-state index in [1.54, 1.807) is 7.11 Å². The molecule has 0 bridgehead atoms. The molecule has 0 aromatic rings. The highest BCUT2D eigenvalue weighted by atomic mass is 32.2. The third-order valence-corrected chi connectivity index (χ3v) is 5.00. The summed E-state index contributed by atoms with van der Waals surface area (Å²) in [7, 11) is 1.81. The van der Waals surface area contributed by atoms with Crippen LogP contribution < -0.4 is 0 Å². The summed E-state index contributed by atoms with van der Waals surface area (Å²) < 4.78 is 4.97. The smallest absolute Gasteiger partial charge is 0.134 e. The molecule has 0 amide bonds. The van der Waals surface area contributed by atoms with E-state index in [1.165, 1.54) is 0 Å². The van der Waals surface area contributed by atoms with Gasteiger partial charge in [0.05, 0.1) is 25.2 Å². The van der Waals surface area contributed by atoms with E-state index in [1.807, 2.05) is 0 Å². The summed E-state index contributed by atoms with van der Waals surface area (Å²) >= 11 is 0. The molecule has 14 heavy (non-hydrogen) atoms. The second-order valence-corrected chi connectivity index (χ2v) is 5.92. The number of hydrogen-bond donors (Lipinski definition) is 3. The van der Waals surface area contributed by atoms with Crippen molar-refractivity contribution in [1.29, 1.82) is 0 Å². The number of aliphatic hydroxyl groups is 3. The molecule has 0 spiro atoms. The first-order chi connectivity index (χ1) is 6.69. The SMILES string of the molecule is COCC[S+]1C[C@H]([C@H](O)CO)[C@H](O)C1. The van der Waals surface area contributed by atoms with E-state index in [-0.39, 0.29) is 23.4 Å². The van der Waals surface area contributed by atoms with Gasteiger partial charge < -0.3 is 20.1 Å². The molecule has 84 valence electrons. The Balaban J connectivity index is 2.35. The fraction of sp³-hybridized carbons (Fsp3) is 1.00. The highest BCUT2D eigenvalue weighted by molar-refractivity contribution is 7.97. The van der Waals surface area contributed by atoms with Crippen LogP contribution in [0.1, 0.15) is 0 Å². The second-order valence-electron chi connectivity index (χ2n) is 3.62. The number of aliphatic hydroxyl groups excluding tert-OH is 3. The zero-order chi connectivity index (χ0) is 10.6. The van der Waals surface area contributed by atoms with Crippen LogP contribution in [0.2, 0.25) is 0 Å². The van der Waals surface area contributed by atoms with Gasteiger partial charge in [0.15, 0.2) is 0 Å². The van der Waals surface area contributed by atoms with Crippen LogP contribution in [0.25, 0.3) is 0 Å². The van der Waals surface area contributed by atoms with Crippen molar-refractivity contribution in [2.75, 3.05) is 37.6 Å². The molecule has 3 N–H and O–H groups in total. The van der Waals surface area contributed by atoms with Gasteiger partial charge in [0, 0.05) is 7.11 Å². The standard InChI is InChI=1S/C9H19O4S/c1-13-2-3-14-5-7(8(11)4-10)9(12)6-14/h7-12H,2-6H2,1H3/q+1/t7-,8-,9-,14?/m1/s1. The van der Waals surface area contributed by atoms with Crippen LogP contribution in [0.5, 0.6) is 0 Å². The van der Waals surface area contributed by atoms with Crippen molar-refractivity contribution in [1.82, 2.24) is 0 Å². The first kappa shape index (κ1) is 12.3. The highest BCUT2D eigenvalue weighted by Crippen LogP contribution is 2.24. The van der Waals surface area contributed by atoms with Crippen LogP contribution in [0.3, 0.4) is 0 Å². The first-order valence-corrected chi connectivity index (χ1v) is 6.52. The van der Waals surface area contributed by atoms with Gasteiger partial charge in [0.1, 0.15) is 23.4 Å². The molecule has 1 fully saturated rings. The summed E-state index contributed by atoms with van der Waals surface area (Å²) in [5.74, 6) is 2.35. The largest absolute Gasteiger partial charge is 0.394 e. The van der Waals surface area contributed by atoms with Gasteiger partial charge in [-0.15, -0.1) is 0 Å². The van der Waals surface area contributed by atoms with Crippen LogP contribution >= 0.6 is 0 Å². The Bertz CT molecular complexity index is 167. The maximum atomic E-state index is 9.66. The van der Waals surface area contributed by atoms with Crippen molar-refractivity contribution in [3.05, 3.63) is 0 Å². The predicted octanol–water partition coefficient (Wildman–Crippen LogP) is -1.40. The predicted molar refractivity (Wildman–Crippen MR) is 56.4 cm³/mol. The minimum atomic E-state index is -0.773. The van der Waals surface area contributed by atoms with Crippen LogP contribution in [-0.4, -0.2) is 65.1 Å². The van der Waals surface area contributed by atoms with E-state index in [4.69, 9.17) is 9.84 Å². The van der Waals surface area contributed by atoms with Gasteiger partial charge in [-0.2, -0.15) is 0 Å². The zero-order valence-electron chi connectivity index (χ0n) is 8.43. The minimum absolute atomic E-state index is 0.144. The molecule has 1 heterocycles. The average Bonchev–Trinajstić information content (AvgIpc) is 2.55. The molecule has 1 aliphatic heterocycles. The van der Waals surface area contributed by atoms with Crippen LogP contribution in [0.15, 0.2) is 0 Å². The molecule has 1 rings (SSSR count). The molecular formula is C9H19O4S+. The lowest BCUT2D eigenvalue weighted by Crippen LogP contribution is -2.32. The fourth-order valence-corrected chi connectivity index (χ4v) is 4.28. The Morgan fingerprint density at radius 1 is 1.50 bits per heavy atom. The van der Waals surface area contributed by atoms with Gasteiger partial charge in [-0.1, -0.05) is 0 Å². The molecule has 1 unspecified atom stereocenters. The molecule has 0 saturated carbocycles. The molecule has 4 nitrogen and oxygen atoms in total. The lowest BCUT2D eigenvalue weighted by Gasteiger charge is -2.14. The van der Waals surface area contributed by atoms with Gasteiger partial charge in [-0.3, -0.25) is 0 Å².